The van der Waals surface area contributed by atoms with Crippen molar-refractivity contribution in [1.82, 2.24) is 14.8 Å². The van der Waals surface area contributed by atoms with Gasteiger partial charge in [-0.3, -0.25) is 9.48 Å². The third-order valence-electron chi connectivity index (χ3n) is 3.58. The van der Waals surface area contributed by atoms with Crippen molar-refractivity contribution in [3.05, 3.63) is 29.7 Å². The van der Waals surface area contributed by atoms with Gasteiger partial charge in [-0.1, -0.05) is 0 Å². The minimum atomic E-state index is 0.575. The Labute approximate surface area is 111 Å². The van der Waals surface area contributed by atoms with Crippen LogP contribution in [0.4, 0.5) is 5.82 Å². The van der Waals surface area contributed by atoms with Crippen LogP contribution in [0.3, 0.4) is 0 Å². The van der Waals surface area contributed by atoms with Gasteiger partial charge < -0.3 is 5.32 Å². The molecule has 0 atom stereocenters. The molecule has 1 amide bonds. The monoisotopic (exact) mass is 256 g/mol. The fraction of sp³-hybridized carbons (Fsp3) is 0.357. The van der Waals surface area contributed by atoms with Crippen LogP contribution in [-0.4, -0.2) is 21.2 Å². The Kier molecular flexibility index (Phi) is 3.03. The zero-order valence-corrected chi connectivity index (χ0v) is 10.9. The molecule has 0 aromatic carbocycles. The fourth-order valence-electron chi connectivity index (χ4n) is 2.60. The van der Waals surface area contributed by atoms with E-state index in [1.165, 1.54) is 18.5 Å². The van der Waals surface area contributed by atoms with E-state index >= 15 is 0 Å². The molecule has 3 rings (SSSR count). The number of anilines is 1. The van der Waals surface area contributed by atoms with Crippen molar-refractivity contribution in [2.45, 2.75) is 32.7 Å². The molecular weight excluding hydrogens is 240 g/mol. The number of carbonyl (C=O) groups is 1. The molecule has 0 bridgehead atoms. The van der Waals surface area contributed by atoms with Gasteiger partial charge in [-0.2, -0.15) is 5.10 Å². The first-order valence-corrected chi connectivity index (χ1v) is 6.51. The highest BCUT2D eigenvalue weighted by molar-refractivity contribution is 5.76. The molecule has 19 heavy (non-hydrogen) atoms. The molecule has 0 unspecified atom stereocenters. The van der Waals surface area contributed by atoms with Crippen LogP contribution in [0, 0.1) is 6.92 Å². The number of nitrogens with zero attached hydrogens (tertiary/aromatic N) is 3. The van der Waals surface area contributed by atoms with E-state index in [1.54, 1.807) is 6.20 Å². The number of hydrogen-bond donors (Lipinski definition) is 1. The molecule has 0 spiro atoms. The topological polar surface area (TPSA) is 59.8 Å². The predicted molar refractivity (Wildman–Crippen MR) is 72.8 cm³/mol. The Hall–Kier alpha value is -2.17. The fourth-order valence-corrected chi connectivity index (χ4v) is 2.60. The number of nitrogens with one attached hydrogen (secondary N) is 1. The summed E-state index contributed by atoms with van der Waals surface area (Å²) in [5.74, 6) is 0.575. The van der Waals surface area contributed by atoms with Crippen LogP contribution in [0.1, 0.15) is 24.1 Å². The number of pyridine rings is 1. The molecule has 0 fully saturated rings. The molecule has 0 saturated heterocycles. The van der Waals surface area contributed by atoms with E-state index < -0.39 is 0 Å². The van der Waals surface area contributed by atoms with Gasteiger partial charge in [0.15, 0.2) is 0 Å². The van der Waals surface area contributed by atoms with Crippen LogP contribution >= 0.6 is 0 Å². The maximum absolute atomic E-state index is 10.5. The van der Waals surface area contributed by atoms with E-state index in [0.29, 0.717) is 12.2 Å². The van der Waals surface area contributed by atoms with E-state index in [1.807, 2.05) is 19.2 Å². The third-order valence-corrected chi connectivity index (χ3v) is 3.58. The van der Waals surface area contributed by atoms with E-state index in [2.05, 4.69) is 20.1 Å². The molecule has 0 radical (unpaired) electrons. The molecule has 2 aromatic heterocycles. The second-order valence-electron chi connectivity index (χ2n) is 4.83. The van der Waals surface area contributed by atoms with Crippen molar-refractivity contribution in [1.29, 1.82) is 0 Å². The van der Waals surface area contributed by atoms with E-state index in [-0.39, 0.29) is 0 Å². The average molecular weight is 256 g/mol. The number of fused-ring (bicyclic) bond motifs is 1. The van der Waals surface area contributed by atoms with Gasteiger partial charge in [0, 0.05) is 24.0 Å². The highest BCUT2D eigenvalue weighted by Crippen LogP contribution is 2.30. The van der Waals surface area contributed by atoms with Gasteiger partial charge in [-0.25, -0.2) is 4.98 Å². The molecule has 1 N–H and O–H groups in total. The zero-order chi connectivity index (χ0) is 13.2. The van der Waals surface area contributed by atoms with Crippen molar-refractivity contribution in [2.75, 3.05) is 5.32 Å². The number of hydrogen-bond acceptors (Lipinski definition) is 3. The van der Waals surface area contributed by atoms with E-state index in [4.69, 9.17) is 0 Å². The van der Waals surface area contributed by atoms with E-state index in [9.17, 15) is 4.79 Å². The number of amides is 1. The van der Waals surface area contributed by atoms with Crippen molar-refractivity contribution in [3.8, 4) is 11.1 Å². The van der Waals surface area contributed by atoms with Crippen molar-refractivity contribution in [3.63, 3.8) is 0 Å². The average Bonchev–Trinajstić information content (AvgIpc) is 2.85. The van der Waals surface area contributed by atoms with Gasteiger partial charge >= 0.3 is 0 Å². The molecule has 98 valence electrons. The Morgan fingerprint density at radius 2 is 2.21 bits per heavy atom. The van der Waals surface area contributed by atoms with Crippen molar-refractivity contribution in [2.24, 2.45) is 0 Å². The Balaban J connectivity index is 2.08. The summed E-state index contributed by atoms with van der Waals surface area (Å²) in [6.07, 6.45) is 7.83. The largest absolute Gasteiger partial charge is 0.313 e. The summed E-state index contributed by atoms with van der Waals surface area (Å²) in [4.78, 5) is 14.7. The number of aromatic nitrogens is 3. The molecule has 0 aliphatic carbocycles. The molecule has 2 aromatic rings. The molecular formula is C14H16N4O. The lowest BCUT2D eigenvalue weighted by atomic mass is 9.99. The standard InChI is InChI=1S/C14H16N4O/c1-10-7-15-14(16-9-19)6-11(10)12-8-17-18-5-3-2-4-13(12)18/h6-9H,2-5H2,1H3,(H,15,16,19). The molecule has 5 heteroatoms. The van der Waals surface area contributed by atoms with Gasteiger partial charge in [-0.05, 0) is 43.4 Å². The highest BCUT2D eigenvalue weighted by Gasteiger charge is 2.17. The SMILES string of the molecule is Cc1cnc(NC=O)cc1-c1cnn2c1CCCC2. The van der Waals surface area contributed by atoms with Crippen LogP contribution in [0.15, 0.2) is 18.5 Å². The van der Waals surface area contributed by atoms with Crippen LogP contribution in [-0.2, 0) is 17.8 Å². The maximum Gasteiger partial charge on any atom is 0.212 e. The molecule has 0 saturated carbocycles. The summed E-state index contributed by atoms with van der Waals surface area (Å²) in [5.41, 5.74) is 4.64. The maximum atomic E-state index is 10.5. The lowest BCUT2D eigenvalue weighted by Crippen LogP contribution is -2.11. The predicted octanol–water partition coefficient (Wildman–Crippen LogP) is 2.16. The molecule has 1 aliphatic rings. The van der Waals surface area contributed by atoms with Crippen LogP contribution < -0.4 is 5.32 Å². The lowest BCUT2D eigenvalue weighted by Gasteiger charge is -2.15. The number of aryl methyl sites for hydroxylation is 2. The summed E-state index contributed by atoms with van der Waals surface area (Å²) in [6.45, 7) is 3.03. The quantitative estimate of drug-likeness (QED) is 0.856. The third kappa shape index (κ3) is 2.12. The lowest BCUT2D eigenvalue weighted by molar-refractivity contribution is -0.105. The van der Waals surface area contributed by atoms with Gasteiger partial charge in [0.2, 0.25) is 6.41 Å². The van der Waals surface area contributed by atoms with Crippen molar-refractivity contribution < 1.29 is 4.79 Å². The second kappa shape index (κ2) is 4.84. The second-order valence-corrected chi connectivity index (χ2v) is 4.83. The van der Waals surface area contributed by atoms with Crippen LogP contribution in [0.2, 0.25) is 0 Å². The zero-order valence-electron chi connectivity index (χ0n) is 10.9. The highest BCUT2D eigenvalue weighted by atomic mass is 16.1. The minimum Gasteiger partial charge on any atom is -0.313 e. The first-order valence-electron chi connectivity index (χ1n) is 6.51. The smallest absolute Gasteiger partial charge is 0.212 e. The molecule has 5 nitrogen and oxygen atoms in total. The molecule has 1 aliphatic heterocycles. The van der Waals surface area contributed by atoms with Gasteiger partial charge in [0.25, 0.3) is 0 Å². The van der Waals surface area contributed by atoms with E-state index in [0.717, 1.165) is 29.7 Å². The summed E-state index contributed by atoms with van der Waals surface area (Å²) >= 11 is 0. The molecule has 3 heterocycles. The summed E-state index contributed by atoms with van der Waals surface area (Å²) in [5, 5.41) is 7.05. The van der Waals surface area contributed by atoms with Crippen LogP contribution in [0.25, 0.3) is 11.1 Å². The van der Waals surface area contributed by atoms with Gasteiger partial charge in [0.1, 0.15) is 5.82 Å². The van der Waals surface area contributed by atoms with Gasteiger partial charge in [-0.15, -0.1) is 0 Å². The normalized spacial score (nSPS) is 13.9. The minimum absolute atomic E-state index is 0.575. The number of rotatable bonds is 3. The Morgan fingerprint density at radius 1 is 1.32 bits per heavy atom. The summed E-state index contributed by atoms with van der Waals surface area (Å²) in [7, 11) is 0. The van der Waals surface area contributed by atoms with Gasteiger partial charge in [0.05, 0.1) is 6.20 Å². The summed E-state index contributed by atoms with van der Waals surface area (Å²) < 4.78 is 2.09. The Morgan fingerprint density at radius 3 is 3.05 bits per heavy atom. The Bertz CT molecular complexity index is 618. The van der Waals surface area contributed by atoms with Crippen LogP contribution in [0.5, 0.6) is 0 Å². The number of carbonyl (C=O) groups excluding carboxylic acids is 1. The summed E-state index contributed by atoms with van der Waals surface area (Å²) in [6, 6.07) is 1.91. The van der Waals surface area contributed by atoms with Crippen molar-refractivity contribution >= 4 is 12.2 Å². The first-order chi connectivity index (χ1) is 9.29. The first kappa shape index (κ1) is 11.9.